The number of nitrogens with zero attached hydrogens (tertiary/aromatic N) is 1. The molecule has 1 aromatic rings. The van der Waals surface area contributed by atoms with Gasteiger partial charge < -0.3 is 20.1 Å². The topological polar surface area (TPSA) is 54.9 Å². The molecule has 28 heavy (non-hydrogen) atoms. The van der Waals surface area contributed by atoms with Crippen molar-refractivity contribution in [2.75, 3.05) is 20.3 Å². The molecule has 1 saturated heterocycles. The van der Waals surface area contributed by atoms with E-state index in [4.69, 9.17) is 9.47 Å². The lowest BCUT2D eigenvalue weighted by Gasteiger charge is -2.29. The quantitative estimate of drug-likeness (QED) is 0.548. The molecule has 0 spiro atoms. The zero-order chi connectivity index (χ0) is 19.6. The van der Waals surface area contributed by atoms with Crippen LogP contribution in [-0.2, 0) is 22.6 Å². The number of hydrogen-bond donors (Lipinski definition) is 2. The maximum atomic E-state index is 6.05. The summed E-state index contributed by atoms with van der Waals surface area (Å²) in [5.41, 5.74) is 2.48. The second kappa shape index (κ2) is 11.4. The SMILES string of the molecule is CCC1CCC(NC(=NC)NCc2cccc(COC3CCOCC3)c2)CC1. The van der Waals surface area contributed by atoms with Crippen molar-refractivity contribution in [3.8, 4) is 0 Å². The predicted octanol–water partition coefficient (Wildman–Crippen LogP) is 4.02. The van der Waals surface area contributed by atoms with Gasteiger partial charge in [0.15, 0.2) is 5.96 Å². The maximum absolute atomic E-state index is 6.05. The van der Waals surface area contributed by atoms with Gasteiger partial charge in [-0.2, -0.15) is 0 Å². The maximum Gasteiger partial charge on any atom is 0.191 e. The van der Waals surface area contributed by atoms with Crippen LogP contribution in [0.4, 0.5) is 0 Å². The standard InChI is InChI=1S/C23H37N3O2/c1-3-18-7-9-21(10-8-18)26-23(24-2)25-16-19-5-4-6-20(15-19)17-28-22-11-13-27-14-12-22/h4-6,15,18,21-22H,3,7-14,16-17H2,1-2H3,(H2,24,25,26). The average Bonchev–Trinajstić information content (AvgIpc) is 2.76. The van der Waals surface area contributed by atoms with E-state index in [-0.39, 0.29) is 0 Å². The van der Waals surface area contributed by atoms with E-state index >= 15 is 0 Å². The van der Waals surface area contributed by atoms with Gasteiger partial charge in [0.1, 0.15) is 0 Å². The molecule has 0 aromatic heterocycles. The summed E-state index contributed by atoms with van der Waals surface area (Å²) in [4.78, 5) is 4.41. The van der Waals surface area contributed by atoms with Crippen molar-refractivity contribution in [1.29, 1.82) is 0 Å². The largest absolute Gasteiger partial charge is 0.381 e. The van der Waals surface area contributed by atoms with Gasteiger partial charge in [0.05, 0.1) is 12.7 Å². The van der Waals surface area contributed by atoms with Crippen LogP contribution in [0.5, 0.6) is 0 Å². The van der Waals surface area contributed by atoms with E-state index in [9.17, 15) is 0 Å². The van der Waals surface area contributed by atoms with Crippen molar-refractivity contribution in [3.63, 3.8) is 0 Å². The van der Waals surface area contributed by atoms with Crippen molar-refractivity contribution in [2.45, 2.75) is 77.2 Å². The number of aliphatic imine (C=N–C) groups is 1. The van der Waals surface area contributed by atoms with E-state index < -0.39 is 0 Å². The summed E-state index contributed by atoms with van der Waals surface area (Å²) < 4.78 is 11.4. The third-order valence-corrected chi connectivity index (χ3v) is 6.09. The third-order valence-electron chi connectivity index (χ3n) is 6.09. The Morgan fingerprint density at radius 3 is 2.57 bits per heavy atom. The molecule has 3 rings (SSSR count). The fraction of sp³-hybridized carbons (Fsp3) is 0.696. The van der Waals surface area contributed by atoms with Crippen LogP contribution in [0.2, 0.25) is 0 Å². The Bertz CT molecular complexity index is 606. The molecule has 0 amide bonds. The van der Waals surface area contributed by atoms with Gasteiger partial charge in [-0.05, 0) is 55.6 Å². The molecule has 0 atom stereocenters. The molecule has 5 nitrogen and oxygen atoms in total. The highest BCUT2D eigenvalue weighted by atomic mass is 16.5. The zero-order valence-electron chi connectivity index (χ0n) is 17.6. The molecule has 1 aliphatic carbocycles. The van der Waals surface area contributed by atoms with E-state index in [0.717, 1.165) is 44.5 Å². The molecule has 1 saturated carbocycles. The van der Waals surface area contributed by atoms with Crippen molar-refractivity contribution in [2.24, 2.45) is 10.9 Å². The molecular formula is C23H37N3O2. The molecule has 2 aliphatic rings. The highest BCUT2D eigenvalue weighted by Crippen LogP contribution is 2.26. The Morgan fingerprint density at radius 1 is 1.11 bits per heavy atom. The first-order chi connectivity index (χ1) is 13.8. The molecule has 156 valence electrons. The Labute approximate surface area is 170 Å². The first kappa shape index (κ1) is 21.1. The minimum absolute atomic E-state index is 0.335. The van der Waals surface area contributed by atoms with Crippen LogP contribution >= 0.6 is 0 Å². The molecule has 2 N–H and O–H groups in total. The van der Waals surface area contributed by atoms with E-state index in [1.165, 1.54) is 43.2 Å². The number of benzene rings is 1. The number of guanidine groups is 1. The zero-order valence-corrected chi connectivity index (χ0v) is 17.6. The van der Waals surface area contributed by atoms with Gasteiger partial charge in [0.2, 0.25) is 0 Å². The molecule has 5 heteroatoms. The molecule has 0 unspecified atom stereocenters. The van der Waals surface area contributed by atoms with E-state index in [0.29, 0.717) is 18.8 Å². The number of ether oxygens (including phenoxy) is 2. The first-order valence-electron chi connectivity index (χ1n) is 11.0. The summed E-state index contributed by atoms with van der Waals surface area (Å²) in [6, 6.07) is 9.19. The van der Waals surface area contributed by atoms with Crippen LogP contribution in [0.1, 0.15) is 63.0 Å². The van der Waals surface area contributed by atoms with Gasteiger partial charge >= 0.3 is 0 Å². The van der Waals surface area contributed by atoms with Crippen LogP contribution in [0.3, 0.4) is 0 Å². The molecule has 0 bridgehead atoms. The second-order valence-corrected chi connectivity index (χ2v) is 8.14. The Balaban J connectivity index is 1.42. The summed E-state index contributed by atoms with van der Waals surface area (Å²) in [6.07, 6.45) is 8.82. The summed E-state index contributed by atoms with van der Waals surface area (Å²) in [5.74, 6) is 1.82. The average molecular weight is 388 g/mol. The van der Waals surface area contributed by atoms with Crippen LogP contribution < -0.4 is 10.6 Å². The molecule has 1 heterocycles. The van der Waals surface area contributed by atoms with Gasteiger partial charge in [-0.25, -0.2) is 0 Å². The lowest BCUT2D eigenvalue weighted by atomic mass is 9.84. The molecule has 1 aliphatic heterocycles. The number of nitrogens with one attached hydrogen (secondary N) is 2. The van der Waals surface area contributed by atoms with Gasteiger partial charge in [-0.3, -0.25) is 4.99 Å². The fourth-order valence-corrected chi connectivity index (χ4v) is 4.17. The van der Waals surface area contributed by atoms with Crippen LogP contribution in [-0.4, -0.2) is 38.4 Å². The van der Waals surface area contributed by atoms with Crippen molar-refractivity contribution < 1.29 is 9.47 Å². The summed E-state index contributed by atoms with van der Waals surface area (Å²) in [7, 11) is 1.85. The molecule has 2 fully saturated rings. The van der Waals surface area contributed by atoms with Crippen molar-refractivity contribution in [3.05, 3.63) is 35.4 Å². The summed E-state index contributed by atoms with van der Waals surface area (Å²) in [5, 5.41) is 7.08. The lowest BCUT2D eigenvalue weighted by Crippen LogP contribution is -2.44. The molecule has 1 aromatic carbocycles. The van der Waals surface area contributed by atoms with Gasteiger partial charge in [0, 0.05) is 32.8 Å². The van der Waals surface area contributed by atoms with Crippen LogP contribution in [0.25, 0.3) is 0 Å². The number of hydrogen-bond acceptors (Lipinski definition) is 3. The third kappa shape index (κ3) is 6.78. The highest BCUT2D eigenvalue weighted by molar-refractivity contribution is 5.79. The fourth-order valence-electron chi connectivity index (χ4n) is 4.17. The minimum atomic E-state index is 0.335. The second-order valence-electron chi connectivity index (χ2n) is 8.14. The first-order valence-corrected chi connectivity index (χ1v) is 11.0. The lowest BCUT2D eigenvalue weighted by molar-refractivity contribution is -0.0390. The number of rotatable bonds is 7. The minimum Gasteiger partial charge on any atom is -0.381 e. The van der Waals surface area contributed by atoms with Gasteiger partial charge in [-0.15, -0.1) is 0 Å². The van der Waals surface area contributed by atoms with Crippen molar-refractivity contribution in [1.82, 2.24) is 10.6 Å². The van der Waals surface area contributed by atoms with E-state index in [1.807, 2.05) is 7.05 Å². The van der Waals surface area contributed by atoms with Crippen LogP contribution in [0, 0.1) is 5.92 Å². The smallest absolute Gasteiger partial charge is 0.191 e. The Kier molecular flexibility index (Phi) is 8.62. The normalized spacial score (nSPS) is 24.1. The van der Waals surface area contributed by atoms with Gasteiger partial charge in [0.25, 0.3) is 0 Å². The predicted molar refractivity (Wildman–Crippen MR) is 114 cm³/mol. The van der Waals surface area contributed by atoms with E-state index in [1.54, 1.807) is 0 Å². The van der Waals surface area contributed by atoms with E-state index in [2.05, 4.69) is 46.8 Å². The van der Waals surface area contributed by atoms with Crippen LogP contribution in [0.15, 0.2) is 29.3 Å². The molecule has 0 radical (unpaired) electrons. The Hall–Kier alpha value is -1.59. The summed E-state index contributed by atoms with van der Waals surface area (Å²) >= 11 is 0. The monoisotopic (exact) mass is 387 g/mol. The highest BCUT2D eigenvalue weighted by Gasteiger charge is 2.20. The Morgan fingerprint density at radius 2 is 1.86 bits per heavy atom. The summed E-state index contributed by atoms with van der Waals surface area (Å²) in [6.45, 7) is 5.39. The molecular weight excluding hydrogens is 350 g/mol. The van der Waals surface area contributed by atoms with Gasteiger partial charge in [-0.1, -0.05) is 37.6 Å². The van der Waals surface area contributed by atoms with Crippen molar-refractivity contribution >= 4 is 5.96 Å².